The Kier molecular flexibility index (Phi) is 3.31. The van der Waals surface area contributed by atoms with Gasteiger partial charge in [-0.25, -0.2) is 8.42 Å². The number of aromatic nitrogens is 2. The van der Waals surface area contributed by atoms with Crippen LogP contribution in [-0.4, -0.2) is 36.5 Å². The van der Waals surface area contributed by atoms with Gasteiger partial charge < -0.3 is 0 Å². The molecule has 1 heterocycles. The fraction of sp³-hybridized carbons (Fsp3) is 0.444. The maximum Gasteiger partial charge on any atom is 0.246 e. The van der Waals surface area contributed by atoms with Crippen molar-refractivity contribution in [3.63, 3.8) is 0 Å². The smallest absolute Gasteiger partial charge is 0.246 e. The van der Waals surface area contributed by atoms with Gasteiger partial charge in [-0.3, -0.25) is 5.10 Å². The minimum absolute atomic E-state index is 0.214. The van der Waals surface area contributed by atoms with E-state index in [-0.39, 0.29) is 4.90 Å². The molecule has 6 heteroatoms. The van der Waals surface area contributed by atoms with Gasteiger partial charge in [0.2, 0.25) is 10.0 Å². The van der Waals surface area contributed by atoms with E-state index in [9.17, 15) is 8.42 Å². The molecule has 0 aliphatic heterocycles. The summed E-state index contributed by atoms with van der Waals surface area (Å²) in [4.78, 5) is 0.214. The summed E-state index contributed by atoms with van der Waals surface area (Å²) >= 11 is 0. The SMILES string of the molecule is C=C(C)CN(C)S(=O)(=O)c1cn[nH]c1C. The topological polar surface area (TPSA) is 66.1 Å². The molecule has 84 valence electrons. The highest BCUT2D eigenvalue weighted by Crippen LogP contribution is 2.16. The van der Waals surface area contributed by atoms with Crippen molar-refractivity contribution in [2.45, 2.75) is 18.7 Å². The van der Waals surface area contributed by atoms with Crippen molar-refractivity contribution in [1.82, 2.24) is 14.5 Å². The number of likely N-dealkylation sites (N-methyl/N-ethyl adjacent to an activating group) is 1. The Bertz CT molecular complexity index is 461. The number of nitrogens with one attached hydrogen (secondary N) is 1. The molecule has 0 aliphatic carbocycles. The molecule has 0 saturated heterocycles. The maximum atomic E-state index is 12.0. The van der Waals surface area contributed by atoms with Crippen molar-refractivity contribution in [3.05, 3.63) is 24.0 Å². The van der Waals surface area contributed by atoms with E-state index < -0.39 is 10.0 Å². The normalized spacial score (nSPS) is 12.0. The number of nitrogens with zero attached hydrogens (tertiary/aromatic N) is 2. The third-order valence-electron chi connectivity index (χ3n) is 1.96. The van der Waals surface area contributed by atoms with Gasteiger partial charge in [-0.2, -0.15) is 9.40 Å². The largest absolute Gasteiger partial charge is 0.281 e. The summed E-state index contributed by atoms with van der Waals surface area (Å²) in [6, 6.07) is 0. The molecule has 0 bridgehead atoms. The summed E-state index contributed by atoms with van der Waals surface area (Å²) in [7, 11) is -1.92. The number of sulfonamides is 1. The molecule has 0 saturated carbocycles. The highest BCUT2D eigenvalue weighted by Gasteiger charge is 2.23. The van der Waals surface area contributed by atoms with Crippen LogP contribution in [0.3, 0.4) is 0 Å². The Hall–Kier alpha value is -1.14. The van der Waals surface area contributed by atoms with Crippen molar-refractivity contribution in [2.75, 3.05) is 13.6 Å². The van der Waals surface area contributed by atoms with E-state index in [2.05, 4.69) is 16.8 Å². The van der Waals surface area contributed by atoms with E-state index >= 15 is 0 Å². The van der Waals surface area contributed by atoms with E-state index in [0.717, 1.165) is 5.57 Å². The van der Waals surface area contributed by atoms with Crippen molar-refractivity contribution >= 4 is 10.0 Å². The molecule has 0 atom stereocenters. The number of aromatic amines is 1. The van der Waals surface area contributed by atoms with Crippen molar-refractivity contribution < 1.29 is 8.42 Å². The highest BCUT2D eigenvalue weighted by molar-refractivity contribution is 7.89. The molecule has 0 aliphatic rings. The van der Waals surface area contributed by atoms with Gasteiger partial charge in [-0.1, -0.05) is 12.2 Å². The fourth-order valence-corrected chi connectivity index (χ4v) is 2.58. The number of H-pyrrole nitrogens is 1. The first-order chi connectivity index (χ1) is 6.85. The molecular weight excluding hydrogens is 214 g/mol. The second kappa shape index (κ2) is 4.16. The molecule has 1 aromatic rings. The molecule has 15 heavy (non-hydrogen) atoms. The molecule has 5 nitrogen and oxygen atoms in total. The second-order valence-corrected chi connectivity index (χ2v) is 5.59. The van der Waals surface area contributed by atoms with Gasteiger partial charge in [0.15, 0.2) is 0 Å². The van der Waals surface area contributed by atoms with Crippen LogP contribution in [0.2, 0.25) is 0 Å². The second-order valence-electron chi connectivity index (χ2n) is 3.58. The highest BCUT2D eigenvalue weighted by atomic mass is 32.2. The Labute approximate surface area is 89.8 Å². The lowest BCUT2D eigenvalue weighted by Gasteiger charge is -2.16. The van der Waals surface area contributed by atoms with E-state index in [1.54, 1.807) is 13.8 Å². The van der Waals surface area contributed by atoms with Crippen LogP contribution in [0.25, 0.3) is 0 Å². The number of rotatable bonds is 4. The molecule has 0 spiro atoms. The minimum atomic E-state index is -3.44. The first kappa shape index (κ1) is 11.9. The van der Waals surface area contributed by atoms with Gasteiger partial charge >= 0.3 is 0 Å². The van der Waals surface area contributed by atoms with Gasteiger partial charge in [0, 0.05) is 13.6 Å². The van der Waals surface area contributed by atoms with Crippen LogP contribution in [0.5, 0.6) is 0 Å². The molecular formula is C9H15N3O2S. The lowest BCUT2D eigenvalue weighted by Crippen LogP contribution is -2.28. The third-order valence-corrected chi connectivity index (χ3v) is 3.88. The standard InChI is InChI=1S/C9H15N3O2S/c1-7(2)6-12(4)15(13,14)9-5-10-11-8(9)3/h5H,1,6H2,2-4H3,(H,10,11). The summed E-state index contributed by atoms with van der Waals surface area (Å²) in [6.45, 7) is 7.46. The Balaban J connectivity index is 3.04. The van der Waals surface area contributed by atoms with Crippen molar-refractivity contribution in [3.8, 4) is 0 Å². The Morgan fingerprint density at radius 3 is 2.67 bits per heavy atom. The van der Waals surface area contributed by atoms with E-state index in [1.165, 1.54) is 17.5 Å². The predicted molar refractivity (Wildman–Crippen MR) is 58.0 cm³/mol. The summed E-state index contributed by atoms with van der Waals surface area (Å²) in [5.74, 6) is 0. The zero-order chi connectivity index (χ0) is 11.6. The van der Waals surface area contributed by atoms with E-state index in [0.29, 0.717) is 12.2 Å². The quantitative estimate of drug-likeness (QED) is 0.780. The first-order valence-electron chi connectivity index (χ1n) is 4.46. The lowest BCUT2D eigenvalue weighted by molar-refractivity contribution is 0.492. The fourth-order valence-electron chi connectivity index (χ4n) is 1.23. The van der Waals surface area contributed by atoms with Crippen LogP contribution in [0, 0.1) is 6.92 Å². The molecule has 1 aromatic heterocycles. The summed E-state index contributed by atoms with van der Waals surface area (Å²) in [5, 5.41) is 6.30. The van der Waals surface area contributed by atoms with Crippen LogP contribution in [0.1, 0.15) is 12.6 Å². The number of hydrogen-bond acceptors (Lipinski definition) is 3. The molecule has 1 N–H and O–H groups in total. The van der Waals surface area contributed by atoms with Crippen LogP contribution >= 0.6 is 0 Å². The predicted octanol–water partition coefficient (Wildman–Crippen LogP) is 0.915. The van der Waals surface area contributed by atoms with Crippen LogP contribution in [0.15, 0.2) is 23.2 Å². The average molecular weight is 229 g/mol. The van der Waals surface area contributed by atoms with Crippen LogP contribution < -0.4 is 0 Å². The molecule has 0 unspecified atom stereocenters. The molecule has 1 rings (SSSR count). The average Bonchev–Trinajstić information content (AvgIpc) is 2.50. The monoisotopic (exact) mass is 229 g/mol. The van der Waals surface area contributed by atoms with E-state index in [1.807, 2.05) is 0 Å². The first-order valence-corrected chi connectivity index (χ1v) is 5.90. The van der Waals surface area contributed by atoms with Crippen LogP contribution in [-0.2, 0) is 10.0 Å². The van der Waals surface area contributed by atoms with Crippen molar-refractivity contribution in [1.29, 1.82) is 0 Å². The molecule has 0 aromatic carbocycles. The Morgan fingerprint density at radius 2 is 2.27 bits per heavy atom. The van der Waals surface area contributed by atoms with Crippen molar-refractivity contribution in [2.24, 2.45) is 0 Å². The molecule has 0 fully saturated rings. The maximum absolute atomic E-state index is 12.0. The Morgan fingerprint density at radius 1 is 1.67 bits per heavy atom. The minimum Gasteiger partial charge on any atom is -0.281 e. The molecule has 0 amide bonds. The van der Waals surface area contributed by atoms with Gasteiger partial charge in [0.05, 0.1) is 11.9 Å². The van der Waals surface area contributed by atoms with Gasteiger partial charge in [0.1, 0.15) is 4.90 Å². The number of hydrogen-bond donors (Lipinski definition) is 1. The van der Waals surface area contributed by atoms with Gasteiger partial charge in [0.25, 0.3) is 0 Å². The zero-order valence-electron chi connectivity index (χ0n) is 9.11. The van der Waals surface area contributed by atoms with E-state index in [4.69, 9.17) is 0 Å². The van der Waals surface area contributed by atoms with Gasteiger partial charge in [-0.15, -0.1) is 0 Å². The molecule has 0 radical (unpaired) electrons. The zero-order valence-corrected chi connectivity index (χ0v) is 9.93. The summed E-state index contributed by atoms with van der Waals surface area (Å²) in [6.07, 6.45) is 1.32. The summed E-state index contributed by atoms with van der Waals surface area (Å²) in [5.41, 5.74) is 1.34. The van der Waals surface area contributed by atoms with Gasteiger partial charge in [-0.05, 0) is 13.8 Å². The van der Waals surface area contributed by atoms with Crippen LogP contribution in [0.4, 0.5) is 0 Å². The number of aryl methyl sites for hydroxylation is 1. The summed E-state index contributed by atoms with van der Waals surface area (Å²) < 4.78 is 25.2. The third kappa shape index (κ3) is 2.45. The lowest BCUT2D eigenvalue weighted by atomic mass is 10.4.